The molecule has 0 saturated carbocycles. The average Bonchev–Trinajstić information content (AvgIpc) is 3.33. The molecule has 8 heteroatoms. The van der Waals surface area contributed by atoms with Gasteiger partial charge in [0, 0.05) is 44.8 Å². The molecule has 1 aliphatic carbocycles. The summed E-state index contributed by atoms with van der Waals surface area (Å²) in [5, 5.41) is 11.4. The Labute approximate surface area is 233 Å². The molecule has 2 heterocycles. The lowest BCUT2D eigenvalue weighted by Gasteiger charge is -2.38. The summed E-state index contributed by atoms with van der Waals surface area (Å²) in [5.41, 5.74) is 0.321. The van der Waals surface area contributed by atoms with E-state index in [-0.39, 0.29) is 23.0 Å². The van der Waals surface area contributed by atoms with Crippen molar-refractivity contribution in [3.8, 4) is 0 Å². The first-order valence-corrected chi connectivity index (χ1v) is 13.5. The van der Waals surface area contributed by atoms with E-state index in [1.54, 1.807) is 36.4 Å². The van der Waals surface area contributed by atoms with Crippen LogP contribution in [0.15, 0.2) is 77.3 Å². The molecule has 0 bridgehead atoms. The number of hydrogen-bond donors (Lipinski definition) is 0. The van der Waals surface area contributed by atoms with Gasteiger partial charge in [0.15, 0.2) is 17.3 Å². The minimum Gasteiger partial charge on any atom is -0.352 e. The number of benzene rings is 3. The molecule has 2 aliphatic heterocycles. The van der Waals surface area contributed by atoms with Gasteiger partial charge in [-0.1, -0.05) is 85.3 Å². The van der Waals surface area contributed by atoms with Crippen molar-refractivity contribution >= 4 is 50.7 Å². The third kappa shape index (κ3) is 3.44. The molecule has 3 aliphatic rings. The van der Waals surface area contributed by atoms with Gasteiger partial charge < -0.3 is 4.90 Å². The Kier molecular flexibility index (Phi) is 5.56. The van der Waals surface area contributed by atoms with E-state index in [2.05, 4.69) is 15.9 Å². The first kappa shape index (κ1) is 25.4. The van der Waals surface area contributed by atoms with E-state index in [1.807, 2.05) is 56.0 Å². The standard InChI is InChI=1S/C31H25BrN2O5/c1-30(2,3)29(37)26-25(17-8-12-20(13-9-17)34(38)39)31(27(35)21-6-4-5-7-22(21)28(31)36)24-15-10-18-16-19(32)11-14-23(18)33(24)26/h4-16,24-26H,1-3H3/t24-,25-,26+/m1/s1. The maximum atomic E-state index is 14.5. The Morgan fingerprint density at radius 2 is 1.59 bits per heavy atom. The van der Waals surface area contributed by atoms with E-state index in [4.69, 9.17) is 0 Å². The number of hydrogen-bond acceptors (Lipinski definition) is 6. The molecule has 0 aromatic heterocycles. The second-order valence-electron chi connectivity index (χ2n) is 11.4. The second-order valence-corrected chi connectivity index (χ2v) is 12.3. The first-order valence-electron chi connectivity index (χ1n) is 12.7. The minimum absolute atomic E-state index is 0.107. The van der Waals surface area contributed by atoms with E-state index in [0.29, 0.717) is 16.7 Å². The van der Waals surface area contributed by atoms with Gasteiger partial charge in [-0.05, 0) is 29.3 Å². The Morgan fingerprint density at radius 1 is 0.974 bits per heavy atom. The molecular formula is C31H25BrN2O5. The quantitative estimate of drug-likeness (QED) is 0.200. The van der Waals surface area contributed by atoms with Crippen molar-refractivity contribution in [2.45, 2.75) is 38.8 Å². The van der Waals surface area contributed by atoms with E-state index in [0.717, 1.165) is 15.7 Å². The van der Waals surface area contributed by atoms with Gasteiger partial charge in [-0.2, -0.15) is 0 Å². The van der Waals surface area contributed by atoms with Crippen LogP contribution in [-0.4, -0.2) is 34.4 Å². The smallest absolute Gasteiger partial charge is 0.269 e. The summed E-state index contributed by atoms with van der Waals surface area (Å²) in [7, 11) is 0. The highest BCUT2D eigenvalue weighted by Crippen LogP contribution is 2.61. The minimum atomic E-state index is -1.62. The van der Waals surface area contributed by atoms with Crippen LogP contribution >= 0.6 is 15.9 Å². The summed E-state index contributed by atoms with van der Waals surface area (Å²) in [5.74, 6) is -1.64. The van der Waals surface area contributed by atoms with Crippen molar-refractivity contribution in [2.75, 3.05) is 4.90 Å². The lowest BCUT2D eigenvalue weighted by atomic mass is 9.63. The summed E-state index contributed by atoms with van der Waals surface area (Å²) in [6.07, 6.45) is 3.77. The number of halogens is 1. The molecule has 3 atom stereocenters. The number of carbonyl (C=O) groups excluding carboxylic acids is 3. The molecule has 1 fully saturated rings. The molecule has 196 valence electrons. The number of rotatable bonds is 3. The van der Waals surface area contributed by atoms with Crippen LogP contribution in [0.1, 0.15) is 58.5 Å². The van der Waals surface area contributed by atoms with Crippen molar-refractivity contribution in [1.82, 2.24) is 0 Å². The fraction of sp³-hybridized carbons (Fsp3) is 0.258. The molecule has 3 aromatic rings. The van der Waals surface area contributed by atoms with E-state index in [1.165, 1.54) is 12.1 Å². The largest absolute Gasteiger partial charge is 0.352 e. The van der Waals surface area contributed by atoms with Crippen molar-refractivity contribution in [3.05, 3.63) is 110 Å². The summed E-state index contributed by atoms with van der Waals surface area (Å²) < 4.78 is 0.865. The summed E-state index contributed by atoms with van der Waals surface area (Å²) in [6.45, 7) is 5.49. The highest BCUT2D eigenvalue weighted by molar-refractivity contribution is 9.10. The molecular weight excluding hydrogens is 560 g/mol. The van der Waals surface area contributed by atoms with Crippen LogP contribution in [0.25, 0.3) is 6.08 Å². The Morgan fingerprint density at radius 3 is 2.15 bits per heavy atom. The Bertz CT molecular complexity index is 1580. The van der Waals surface area contributed by atoms with Crippen LogP contribution in [-0.2, 0) is 4.79 Å². The van der Waals surface area contributed by atoms with Gasteiger partial charge in [0.25, 0.3) is 5.69 Å². The lowest BCUT2D eigenvalue weighted by Crippen LogP contribution is -2.49. The fourth-order valence-electron chi connectivity index (χ4n) is 6.57. The zero-order valence-electron chi connectivity index (χ0n) is 21.6. The van der Waals surface area contributed by atoms with Gasteiger partial charge in [-0.15, -0.1) is 0 Å². The van der Waals surface area contributed by atoms with Gasteiger partial charge >= 0.3 is 0 Å². The third-order valence-electron chi connectivity index (χ3n) is 8.24. The number of fused-ring (bicyclic) bond motifs is 5. The second kappa shape index (κ2) is 8.55. The predicted octanol–water partition coefficient (Wildman–Crippen LogP) is 6.41. The number of nitro groups is 1. The third-order valence-corrected chi connectivity index (χ3v) is 8.73. The average molecular weight is 585 g/mol. The Balaban J connectivity index is 1.68. The molecule has 0 unspecified atom stereocenters. The summed E-state index contributed by atoms with van der Waals surface area (Å²) in [4.78, 5) is 56.3. The number of carbonyl (C=O) groups is 3. The van der Waals surface area contributed by atoms with Crippen LogP contribution in [0.2, 0.25) is 0 Å². The van der Waals surface area contributed by atoms with Crippen LogP contribution in [0.5, 0.6) is 0 Å². The first-order chi connectivity index (χ1) is 18.5. The van der Waals surface area contributed by atoms with Crippen LogP contribution < -0.4 is 4.90 Å². The number of nitro benzene ring substituents is 1. The topological polar surface area (TPSA) is 97.6 Å². The van der Waals surface area contributed by atoms with Gasteiger partial charge in [-0.3, -0.25) is 24.5 Å². The van der Waals surface area contributed by atoms with Crippen molar-refractivity contribution in [3.63, 3.8) is 0 Å². The van der Waals surface area contributed by atoms with E-state index < -0.39 is 33.8 Å². The number of nitrogens with zero attached hydrogens (tertiary/aromatic N) is 2. The van der Waals surface area contributed by atoms with E-state index in [9.17, 15) is 24.5 Å². The van der Waals surface area contributed by atoms with Crippen LogP contribution in [0.3, 0.4) is 0 Å². The Hall–Kier alpha value is -3.91. The maximum Gasteiger partial charge on any atom is 0.269 e. The molecule has 0 N–H and O–H groups in total. The van der Waals surface area contributed by atoms with Crippen LogP contribution in [0.4, 0.5) is 11.4 Å². The van der Waals surface area contributed by atoms with Crippen molar-refractivity contribution in [1.29, 1.82) is 0 Å². The zero-order valence-corrected chi connectivity index (χ0v) is 23.1. The highest BCUT2D eigenvalue weighted by Gasteiger charge is 2.71. The van der Waals surface area contributed by atoms with Crippen molar-refractivity contribution in [2.24, 2.45) is 10.8 Å². The SMILES string of the molecule is CC(C)(C)C(=O)[C@@H]1[C@@H](c2ccc([N+](=O)[O-])cc2)C2(C(=O)c3ccccc3C2=O)[C@H]2C=Cc3cc(Br)ccc3N12. The molecule has 6 rings (SSSR count). The highest BCUT2D eigenvalue weighted by atomic mass is 79.9. The number of Topliss-reactive ketones (excluding diaryl/α,β-unsaturated/α-hetero) is 3. The van der Waals surface area contributed by atoms with Crippen LogP contribution in [0, 0.1) is 20.9 Å². The number of ketones is 3. The molecule has 0 amide bonds. The normalized spacial score (nSPS) is 22.6. The summed E-state index contributed by atoms with van der Waals surface area (Å²) in [6, 6.07) is 16.8. The maximum absolute atomic E-state index is 14.5. The van der Waals surface area contributed by atoms with Gasteiger partial charge in [0.05, 0.1) is 17.0 Å². The van der Waals surface area contributed by atoms with Gasteiger partial charge in [0.2, 0.25) is 0 Å². The number of non-ortho nitro benzene ring substituents is 1. The van der Waals surface area contributed by atoms with Crippen molar-refractivity contribution < 1.29 is 19.3 Å². The molecule has 1 saturated heterocycles. The molecule has 39 heavy (non-hydrogen) atoms. The fourth-order valence-corrected chi connectivity index (χ4v) is 6.95. The molecule has 7 nitrogen and oxygen atoms in total. The molecule has 1 spiro atoms. The van der Waals surface area contributed by atoms with E-state index >= 15 is 0 Å². The zero-order chi connectivity index (χ0) is 27.9. The molecule has 3 aromatic carbocycles. The number of anilines is 1. The summed E-state index contributed by atoms with van der Waals surface area (Å²) >= 11 is 3.52. The lowest BCUT2D eigenvalue weighted by molar-refractivity contribution is -0.384. The predicted molar refractivity (Wildman–Crippen MR) is 151 cm³/mol. The van der Waals surface area contributed by atoms with Gasteiger partial charge in [0.1, 0.15) is 5.41 Å². The molecule has 0 radical (unpaired) electrons. The monoisotopic (exact) mass is 584 g/mol. The van der Waals surface area contributed by atoms with Gasteiger partial charge in [-0.25, -0.2) is 0 Å².